The fourth-order valence-electron chi connectivity index (χ4n) is 8.18. The Kier molecular flexibility index (Phi) is 10.4. The summed E-state index contributed by atoms with van der Waals surface area (Å²) in [5.74, 6) is 1.39. The summed E-state index contributed by atoms with van der Waals surface area (Å²) in [7, 11) is 1.01. The van der Waals surface area contributed by atoms with E-state index in [1.807, 2.05) is 47.4 Å². The van der Waals surface area contributed by atoms with Gasteiger partial charge >= 0.3 is 0 Å². The molecule has 258 valence electrons. The van der Waals surface area contributed by atoms with E-state index in [0.29, 0.717) is 18.7 Å². The van der Waals surface area contributed by atoms with Crippen LogP contribution in [0.15, 0.2) is 95.9 Å². The molecule has 0 aliphatic carbocycles. The normalized spacial score (nSPS) is 22.1. The molecule has 8 nitrogen and oxygen atoms in total. The highest BCUT2D eigenvalue weighted by atomic mass is 28.3. The highest BCUT2D eigenvalue weighted by Gasteiger charge is 2.51. The van der Waals surface area contributed by atoms with Gasteiger partial charge in [-0.05, 0) is 83.8 Å². The zero-order valence-corrected chi connectivity index (χ0v) is 30.2. The van der Waals surface area contributed by atoms with Gasteiger partial charge < -0.3 is 24.2 Å². The van der Waals surface area contributed by atoms with Crippen molar-refractivity contribution in [2.75, 3.05) is 20.8 Å². The summed E-state index contributed by atoms with van der Waals surface area (Å²) in [6.07, 6.45) is 3.98. The molecule has 3 aromatic carbocycles. The van der Waals surface area contributed by atoms with E-state index in [1.165, 1.54) is 17.9 Å². The van der Waals surface area contributed by atoms with Gasteiger partial charge in [-0.15, -0.1) is 0 Å². The molecule has 1 fully saturated rings. The number of hydrogen-bond acceptors (Lipinski definition) is 6. The highest BCUT2D eigenvalue weighted by molar-refractivity contribution is 6.91. The van der Waals surface area contributed by atoms with Crippen LogP contribution in [0.2, 0.25) is 18.6 Å². The van der Waals surface area contributed by atoms with E-state index < -0.39 is 8.07 Å². The lowest BCUT2D eigenvalue weighted by Gasteiger charge is -2.39. The Morgan fingerprint density at radius 3 is 2.41 bits per heavy atom. The number of hydrogen-bond donors (Lipinski definition) is 1. The maximum absolute atomic E-state index is 14.2. The summed E-state index contributed by atoms with van der Waals surface area (Å²) in [6, 6.07) is 27.9. The van der Waals surface area contributed by atoms with E-state index in [2.05, 4.69) is 56.4 Å². The molecule has 9 heteroatoms. The predicted molar refractivity (Wildman–Crippen MR) is 195 cm³/mol. The number of aromatic nitrogens is 1. The summed E-state index contributed by atoms with van der Waals surface area (Å²) in [5, 5.41) is 11.6. The Morgan fingerprint density at radius 1 is 0.939 bits per heavy atom. The molecule has 0 unspecified atom stereocenters. The topological polar surface area (TPSA) is 90.2 Å². The van der Waals surface area contributed by atoms with Gasteiger partial charge in [0.1, 0.15) is 5.75 Å². The molecule has 5 atom stereocenters. The van der Waals surface area contributed by atoms with Crippen LogP contribution in [0.1, 0.15) is 36.5 Å². The van der Waals surface area contributed by atoms with Gasteiger partial charge in [0, 0.05) is 18.4 Å². The minimum absolute atomic E-state index is 0.0346. The average Bonchev–Trinajstić information content (AvgIpc) is 3.44. The van der Waals surface area contributed by atoms with Crippen LogP contribution in [0.5, 0.6) is 11.5 Å². The summed E-state index contributed by atoms with van der Waals surface area (Å²) >= 11 is 0. The molecule has 0 spiro atoms. The molecule has 4 aromatic rings. The number of ether oxygens (including phenoxy) is 3. The SMILES string of the molecule is COc1ccc([Si](C)(C)[C@@H]2[C@@H](C)[C@@H](CCc3cccc(-n4cccc(OC)c4=O)c3)O[C@H]2CC(=O)N2Cc3ccccc3C[C@H]2CO)cc1. The molecular weight excluding hydrogens is 633 g/mol. The molecule has 0 saturated carbocycles. The number of amides is 1. The smallest absolute Gasteiger partial charge is 0.297 e. The minimum Gasteiger partial charge on any atom is -0.497 e. The van der Waals surface area contributed by atoms with Crippen LogP contribution in [0.3, 0.4) is 0 Å². The molecule has 0 radical (unpaired) electrons. The molecule has 2 aliphatic rings. The first-order valence-corrected chi connectivity index (χ1v) is 20.3. The zero-order valence-electron chi connectivity index (χ0n) is 29.2. The van der Waals surface area contributed by atoms with Crippen LogP contribution >= 0.6 is 0 Å². The number of aliphatic hydroxyl groups is 1. The quantitative estimate of drug-likeness (QED) is 0.210. The first-order valence-electron chi connectivity index (χ1n) is 17.3. The summed E-state index contributed by atoms with van der Waals surface area (Å²) in [6.45, 7) is 7.51. The Morgan fingerprint density at radius 2 is 1.69 bits per heavy atom. The van der Waals surface area contributed by atoms with Gasteiger partial charge in [-0.1, -0.05) is 73.7 Å². The standard InChI is InChI=1S/C40H48N2O6Si/c1-27-35(20-15-28-10-8-13-31(22-28)41-21-9-14-36(47-3)40(41)45)48-37(39(27)49(4,5)34-18-16-33(46-2)17-19-34)24-38(44)42-25-30-12-7-6-11-29(30)23-32(42)26-43/h6-14,16-19,21-22,27,32,35,37,39,43H,15,20,23-26H2,1-5H3/t27-,32-,35+,37-,39+/m0/s1. The second-order valence-electron chi connectivity index (χ2n) is 14.0. The molecule has 6 rings (SSSR count). The van der Waals surface area contributed by atoms with Crippen molar-refractivity contribution in [2.45, 2.75) is 76.0 Å². The van der Waals surface area contributed by atoms with Crippen molar-refractivity contribution < 1.29 is 24.1 Å². The number of pyridine rings is 1. The van der Waals surface area contributed by atoms with Gasteiger partial charge in [-0.25, -0.2) is 0 Å². The van der Waals surface area contributed by atoms with E-state index in [9.17, 15) is 14.7 Å². The van der Waals surface area contributed by atoms with Gasteiger partial charge in [-0.3, -0.25) is 14.2 Å². The molecule has 49 heavy (non-hydrogen) atoms. The monoisotopic (exact) mass is 680 g/mol. The van der Waals surface area contributed by atoms with Crippen molar-refractivity contribution >= 4 is 19.2 Å². The second kappa shape index (κ2) is 14.7. The predicted octanol–water partition coefficient (Wildman–Crippen LogP) is 5.51. The number of carbonyl (C=O) groups excluding carboxylic acids is 1. The van der Waals surface area contributed by atoms with Crippen LogP contribution < -0.4 is 20.2 Å². The molecule has 1 amide bonds. The van der Waals surface area contributed by atoms with Crippen molar-refractivity contribution in [1.82, 2.24) is 9.47 Å². The lowest BCUT2D eigenvalue weighted by atomic mass is 9.93. The third kappa shape index (κ3) is 7.11. The molecule has 1 aromatic heterocycles. The van der Waals surface area contributed by atoms with Crippen molar-refractivity contribution in [3.8, 4) is 17.2 Å². The van der Waals surface area contributed by atoms with Crippen molar-refractivity contribution in [1.29, 1.82) is 0 Å². The van der Waals surface area contributed by atoms with E-state index in [4.69, 9.17) is 14.2 Å². The maximum Gasteiger partial charge on any atom is 0.297 e. The van der Waals surface area contributed by atoms with Crippen molar-refractivity contribution in [2.24, 2.45) is 5.92 Å². The fourth-order valence-corrected chi connectivity index (χ4v) is 12.2. The van der Waals surface area contributed by atoms with Crippen LogP contribution in [0.25, 0.3) is 5.69 Å². The van der Waals surface area contributed by atoms with E-state index in [1.54, 1.807) is 23.9 Å². The van der Waals surface area contributed by atoms with Gasteiger partial charge in [0.15, 0.2) is 5.75 Å². The van der Waals surface area contributed by atoms with E-state index in [-0.39, 0.29) is 54.2 Å². The zero-order chi connectivity index (χ0) is 34.7. The Hall–Kier alpha value is -4.18. The van der Waals surface area contributed by atoms with Crippen molar-refractivity contribution in [3.63, 3.8) is 0 Å². The number of aryl methyl sites for hydroxylation is 1. The number of carbonyl (C=O) groups is 1. The molecule has 3 heterocycles. The third-order valence-electron chi connectivity index (χ3n) is 10.9. The number of methoxy groups -OCH3 is 2. The number of nitrogens with zero attached hydrogens (tertiary/aromatic N) is 2. The Labute approximate surface area is 290 Å². The number of benzene rings is 3. The summed E-state index contributed by atoms with van der Waals surface area (Å²) in [4.78, 5) is 28.9. The van der Waals surface area contributed by atoms with Crippen LogP contribution in [-0.4, -0.2) is 67.6 Å². The lowest BCUT2D eigenvalue weighted by Crippen LogP contribution is -2.52. The van der Waals surface area contributed by atoms with Gasteiger partial charge in [0.25, 0.3) is 5.56 Å². The van der Waals surface area contributed by atoms with Crippen LogP contribution in [0, 0.1) is 5.92 Å². The number of rotatable bonds is 11. The molecule has 2 aliphatic heterocycles. The van der Waals surface area contributed by atoms with Gasteiger partial charge in [0.05, 0.1) is 53.6 Å². The maximum atomic E-state index is 14.2. The first-order chi connectivity index (χ1) is 23.6. The van der Waals surface area contributed by atoms with Crippen molar-refractivity contribution in [3.05, 3.63) is 118 Å². The van der Waals surface area contributed by atoms with Gasteiger partial charge in [-0.2, -0.15) is 0 Å². The Balaban J connectivity index is 1.25. The van der Waals surface area contributed by atoms with E-state index >= 15 is 0 Å². The number of aliphatic hydroxyl groups excluding tert-OH is 1. The molecular formula is C40H48N2O6Si. The minimum atomic E-state index is -2.18. The second-order valence-corrected chi connectivity index (χ2v) is 18.7. The highest BCUT2D eigenvalue weighted by Crippen LogP contribution is 2.47. The first kappa shape index (κ1) is 34.7. The largest absolute Gasteiger partial charge is 0.497 e. The van der Waals surface area contributed by atoms with Crippen LogP contribution in [0.4, 0.5) is 0 Å². The number of fused-ring (bicyclic) bond motifs is 1. The summed E-state index contributed by atoms with van der Waals surface area (Å²) in [5.41, 5.74) is 4.24. The fraction of sp³-hybridized carbons (Fsp3) is 0.400. The lowest BCUT2D eigenvalue weighted by molar-refractivity contribution is -0.138. The molecule has 1 N–H and O–H groups in total. The van der Waals surface area contributed by atoms with Crippen LogP contribution in [-0.2, 0) is 28.9 Å². The summed E-state index contributed by atoms with van der Waals surface area (Å²) < 4.78 is 19.3. The Bertz CT molecular complexity index is 1820. The van der Waals surface area contributed by atoms with Gasteiger partial charge in [0.2, 0.25) is 5.91 Å². The molecule has 0 bridgehead atoms. The third-order valence-corrected chi connectivity index (χ3v) is 15.3. The molecule has 1 saturated heterocycles. The average molecular weight is 681 g/mol. The van der Waals surface area contributed by atoms with E-state index in [0.717, 1.165) is 35.4 Å².